The van der Waals surface area contributed by atoms with Crippen molar-refractivity contribution in [3.05, 3.63) is 62.9 Å². The second-order valence-electron chi connectivity index (χ2n) is 10.0. The van der Waals surface area contributed by atoms with Crippen molar-refractivity contribution < 1.29 is 14.7 Å². The summed E-state index contributed by atoms with van der Waals surface area (Å²) in [5, 5.41) is 14.7. The number of carbonyl (C=O) groups excluding carboxylic acids is 1. The van der Waals surface area contributed by atoms with E-state index in [1.807, 2.05) is 24.3 Å². The van der Waals surface area contributed by atoms with Crippen LogP contribution in [0.5, 0.6) is 0 Å². The molecular formula is C28H31N3O3S2. The van der Waals surface area contributed by atoms with Crippen LogP contribution in [0.4, 0.5) is 5.69 Å². The standard InChI is InChI=1S/C28H31N3O3S2/c1-17-3-5-18(6-4-17)23-14-31(2)12-11-21(23)22-13-25(36-26(22)28(33)34)19-7-9-20(10-8-19)30-27(32)24-15-35-16-29-24/h7-10,13,15-18H,3-6,11-12,14H2,1-2H3,(H,30,32)(H,33,34)/t17-,18-. The molecule has 0 radical (unpaired) electrons. The van der Waals surface area contributed by atoms with E-state index in [1.54, 1.807) is 10.9 Å². The predicted octanol–water partition coefficient (Wildman–Crippen LogP) is 6.74. The largest absolute Gasteiger partial charge is 0.477 e. The first kappa shape index (κ1) is 24.9. The van der Waals surface area contributed by atoms with Gasteiger partial charge in [-0.25, -0.2) is 9.78 Å². The van der Waals surface area contributed by atoms with E-state index in [9.17, 15) is 14.7 Å². The third-order valence-electron chi connectivity index (χ3n) is 7.42. The Morgan fingerprint density at radius 1 is 1.14 bits per heavy atom. The Morgan fingerprint density at radius 3 is 2.56 bits per heavy atom. The van der Waals surface area contributed by atoms with Crippen molar-refractivity contribution in [1.29, 1.82) is 0 Å². The van der Waals surface area contributed by atoms with Crippen molar-refractivity contribution in [2.24, 2.45) is 11.8 Å². The molecule has 0 bridgehead atoms. The van der Waals surface area contributed by atoms with Crippen LogP contribution in [0.1, 0.15) is 64.8 Å². The lowest BCUT2D eigenvalue weighted by atomic mass is 9.75. The monoisotopic (exact) mass is 521 g/mol. The van der Waals surface area contributed by atoms with E-state index in [0.717, 1.165) is 41.4 Å². The van der Waals surface area contributed by atoms with E-state index in [2.05, 4.69) is 35.2 Å². The second-order valence-corrected chi connectivity index (χ2v) is 11.8. The quantitative estimate of drug-likeness (QED) is 0.375. The second kappa shape index (κ2) is 10.7. The Hall–Kier alpha value is -2.81. The van der Waals surface area contributed by atoms with Crippen LogP contribution in [-0.2, 0) is 0 Å². The van der Waals surface area contributed by atoms with Gasteiger partial charge in [0.15, 0.2) is 0 Å². The van der Waals surface area contributed by atoms with E-state index < -0.39 is 5.97 Å². The number of carbonyl (C=O) groups is 2. The summed E-state index contributed by atoms with van der Waals surface area (Å²) in [5.41, 5.74) is 7.24. The highest BCUT2D eigenvalue weighted by atomic mass is 32.1. The molecule has 2 aromatic heterocycles. The molecular weight excluding hydrogens is 490 g/mol. The fourth-order valence-electron chi connectivity index (χ4n) is 5.37. The van der Waals surface area contributed by atoms with Gasteiger partial charge in [0.05, 0.1) is 5.51 Å². The fourth-order valence-corrected chi connectivity index (χ4v) is 6.94. The molecule has 1 aromatic carbocycles. The average molecular weight is 522 g/mol. The number of hydrogen-bond acceptors (Lipinski definition) is 6. The van der Waals surface area contributed by atoms with Gasteiger partial charge in [0, 0.05) is 34.6 Å². The molecule has 1 amide bonds. The van der Waals surface area contributed by atoms with E-state index in [4.69, 9.17) is 0 Å². The summed E-state index contributed by atoms with van der Waals surface area (Å²) in [7, 11) is 2.16. The van der Waals surface area contributed by atoms with Crippen LogP contribution < -0.4 is 5.32 Å². The Labute approximate surface area is 219 Å². The molecule has 1 aliphatic carbocycles. The van der Waals surface area contributed by atoms with Crippen LogP contribution in [-0.4, -0.2) is 47.0 Å². The molecule has 5 rings (SSSR count). The van der Waals surface area contributed by atoms with E-state index in [0.29, 0.717) is 22.2 Å². The number of nitrogens with zero attached hydrogens (tertiary/aromatic N) is 2. The minimum Gasteiger partial charge on any atom is -0.477 e. The first-order chi connectivity index (χ1) is 17.4. The van der Waals surface area contributed by atoms with Gasteiger partial charge in [0.2, 0.25) is 0 Å². The number of nitrogens with one attached hydrogen (secondary N) is 1. The molecule has 6 nitrogen and oxygen atoms in total. The molecule has 1 aliphatic heterocycles. The summed E-state index contributed by atoms with van der Waals surface area (Å²) in [4.78, 5) is 32.4. The molecule has 0 spiro atoms. The van der Waals surface area contributed by atoms with Gasteiger partial charge >= 0.3 is 5.97 Å². The van der Waals surface area contributed by atoms with Gasteiger partial charge in [0.1, 0.15) is 10.6 Å². The van der Waals surface area contributed by atoms with Gasteiger partial charge in [0.25, 0.3) is 5.91 Å². The van der Waals surface area contributed by atoms with Crippen molar-refractivity contribution in [2.45, 2.75) is 39.0 Å². The highest BCUT2D eigenvalue weighted by molar-refractivity contribution is 7.17. The summed E-state index contributed by atoms with van der Waals surface area (Å²) in [6, 6.07) is 9.64. The first-order valence-electron chi connectivity index (χ1n) is 12.5. The number of rotatable bonds is 6. The molecule has 1 fully saturated rings. The van der Waals surface area contributed by atoms with Crippen LogP contribution in [0.15, 0.2) is 46.8 Å². The number of anilines is 1. The van der Waals surface area contributed by atoms with Gasteiger partial charge in [-0.1, -0.05) is 31.9 Å². The van der Waals surface area contributed by atoms with E-state index in [-0.39, 0.29) is 5.91 Å². The smallest absolute Gasteiger partial charge is 0.346 e. The number of aromatic nitrogens is 1. The maximum absolute atomic E-state index is 12.3. The van der Waals surface area contributed by atoms with Crippen LogP contribution in [0.3, 0.4) is 0 Å². The van der Waals surface area contributed by atoms with Crippen LogP contribution in [0, 0.1) is 11.8 Å². The number of benzene rings is 1. The predicted molar refractivity (Wildman–Crippen MR) is 147 cm³/mol. The van der Waals surface area contributed by atoms with Crippen molar-refractivity contribution in [3.63, 3.8) is 0 Å². The third kappa shape index (κ3) is 5.31. The Bertz CT molecular complexity index is 1270. The van der Waals surface area contributed by atoms with Crippen molar-refractivity contribution in [2.75, 3.05) is 25.5 Å². The topological polar surface area (TPSA) is 82.5 Å². The molecule has 3 heterocycles. The minimum atomic E-state index is -0.864. The van der Waals surface area contributed by atoms with Crippen molar-refractivity contribution in [3.8, 4) is 10.4 Å². The molecule has 2 aliphatic rings. The zero-order valence-corrected chi connectivity index (χ0v) is 22.3. The normalized spacial score (nSPS) is 20.9. The lowest BCUT2D eigenvalue weighted by Crippen LogP contribution is -2.31. The SMILES string of the molecule is CN1CCC(c2cc(-c3ccc(NC(=O)c4cscn4)cc3)sc2C(=O)O)=C([C@H]2CC[C@H](C)CC2)C1. The van der Waals surface area contributed by atoms with Gasteiger partial charge in [-0.3, -0.25) is 4.79 Å². The minimum absolute atomic E-state index is 0.241. The number of hydrogen-bond donors (Lipinski definition) is 2. The zero-order chi connectivity index (χ0) is 25.2. The Kier molecular flexibility index (Phi) is 7.37. The summed E-state index contributed by atoms with van der Waals surface area (Å²) in [6.07, 6.45) is 5.77. The molecule has 0 atom stereocenters. The first-order valence-corrected chi connectivity index (χ1v) is 14.2. The summed E-state index contributed by atoms with van der Waals surface area (Å²) in [6.45, 7) is 4.20. The molecule has 2 N–H and O–H groups in total. The number of likely N-dealkylation sites (N-methyl/N-ethyl adjacent to an activating group) is 1. The zero-order valence-electron chi connectivity index (χ0n) is 20.6. The maximum atomic E-state index is 12.3. The highest BCUT2D eigenvalue weighted by Crippen LogP contribution is 2.43. The Balaban J connectivity index is 1.45. The summed E-state index contributed by atoms with van der Waals surface area (Å²) in [5.74, 6) is 0.221. The average Bonchev–Trinajstić information content (AvgIpc) is 3.56. The molecule has 8 heteroatoms. The fraction of sp³-hybridized carbons (Fsp3) is 0.393. The van der Waals surface area contributed by atoms with Crippen molar-refractivity contribution >= 4 is 45.8 Å². The summed E-state index contributed by atoms with van der Waals surface area (Å²) < 4.78 is 0. The van der Waals surface area contributed by atoms with Gasteiger partial charge < -0.3 is 15.3 Å². The molecule has 3 aromatic rings. The van der Waals surface area contributed by atoms with Crippen LogP contribution in [0.2, 0.25) is 0 Å². The lowest BCUT2D eigenvalue weighted by molar-refractivity contribution is 0.0701. The van der Waals surface area contributed by atoms with E-state index >= 15 is 0 Å². The number of aromatic carboxylic acids is 1. The number of amides is 1. The van der Waals surface area contributed by atoms with Gasteiger partial charge in [-0.2, -0.15) is 0 Å². The molecule has 0 unspecified atom stereocenters. The molecule has 188 valence electrons. The molecule has 36 heavy (non-hydrogen) atoms. The van der Waals surface area contributed by atoms with Gasteiger partial charge in [-0.15, -0.1) is 22.7 Å². The van der Waals surface area contributed by atoms with Crippen LogP contribution >= 0.6 is 22.7 Å². The summed E-state index contributed by atoms with van der Waals surface area (Å²) >= 11 is 2.72. The van der Waals surface area contributed by atoms with Crippen LogP contribution in [0.25, 0.3) is 16.0 Å². The van der Waals surface area contributed by atoms with Gasteiger partial charge in [-0.05, 0) is 73.1 Å². The molecule has 1 saturated carbocycles. The Morgan fingerprint density at radius 2 is 1.89 bits per heavy atom. The number of carboxylic acid groups (broad SMARTS) is 1. The lowest BCUT2D eigenvalue weighted by Gasteiger charge is -2.35. The molecule has 0 saturated heterocycles. The van der Waals surface area contributed by atoms with E-state index in [1.165, 1.54) is 59.5 Å². The number of thiophene rings is 1. The van der Waals surface area contributed by atoms with Crippen molar-refractivity contribution in [1.82, 2.24) is 9.88 Å². The number of thiazole rings is 1. The highest BCUT2D eigenvalue weighted by Gasteiger charge is 2.30. The maximum Gasteiger partial charge on any atom is 0.346 e. The third-order valence-corrected chi connectivity index (χ3v) is 9.18. The number of carboxylic acids is 1.